The Morgan fingerprint density at radius 1 is 0.367 bits per heavy atom. The monoisotopic (exact) mass is 623 g/mol. The fourth-order valence-electron chi connectivity index (χ4n) is 8.93. The first-order valence-corrected chi connectivity index (χ1v) is 16.9. The summed E-state index contributed by atoms with van der Waals surface area (Å²) in [6.07, 6.45) is 0. The van der Waals surface area contributed by atoms with Crippen LogP contribution in [0.4, 0.5) is 17.1 Å². The van der Waals surface area contributed by atoms with Gasteiger partial charge in [-0.25, -0.2) is 0 Å². The molecule has 0 aliphatic heterocycles. The minimum absolute atomic E-state index is 0.356. The van der Waals surface area contributed by atoms with Gasteiger partial charge in [-0.2, -0.15) is 0 Å². The van der Waals surface area contributed by atoms with Crippen LogP contribution in [-0.2, 0) is 5.41 Å². The zero-order valence-corrected chi connectivity index (χ0v) is 26.6. The molecule has 8 aromatic carbocycles. The maximum atomic E-state index is 6.40. The van der Waals surface area contributed by atoms with Gasteiger partial charge in [0.2, 0.25) is 0 Å². The fourth-order valence-corrected chi connectivity index (χ4v) is 8.93. The van der Waals surface area contributed by atoms with Crippen LogP contribution in [0.25, 0.3) is 55.0 Å². The molecule has 2 heteroatoms. The van der Waals surface area contributed by atoms with Crippen LogP contribution >= 0.6 is 0 Å². The van der Waals surface area contributed by atoms with E-state index in [1.54, 1.807) is 0 Å². The lowest BCUT2D eigenvalue weighted by Crippen LogP contribution is -2.25. The second-order valence-electron chi connectivity index (χ2n) is 13.2. The largest absolute Gasteiger partial charge is 0.456 e. The second-order valence-corrected chi connectivity index (χ2v) is 13.2. The molecule has 11 rings (SSSR count). The lowest BCUT2D eigenvalue weighted by atomic mass is 9.70. The Bertz CT molecular complexity index is 2740. The highest BCUT2D eigenvalue weighted by Gasteiger charge is 2.51. The molecule has 9 aromatic rings. The molecule has 0 atom stereocenters. The molecule has 0 fully saturated rings. The third-order valence-corrected chi connectivity index (χ3v) is 10.9. The fraction of sp³-hybridized carbons (Fsp3) is 0.0213. The van der Waals surface area contributed by atoms with E-state index in [-0.39, 0.29) is 5.41 Å². The molecule has 0 amide bonds. The van der Waals surface area contributed by atoms with Gasteiger partial charge in [0.1, 0.15) is 11.2 Å². The zero-order valence-electron chi connectivity index (χ0n) is 26.6. The molecule has 2 nitrogen and oxygen atoms in total. The second kappa shape index (κ2) is 9.82. The lowest BCUT2D eigenvalue weighted by molar-refractivity contribution is 0.669. The van der Waals surface area contributed by atoms with E-state index in [1.165, 1.54) is 55.3 Å². The number of para-hydroxylation sites is 1. The van der Waals surface area contributed by atoms with Gasteiger partial charge in [-0.3, -0.25) is 0 Å². The van der Waals surface area contributed by atoms with Crippen LogP contribution < -0.4 is 4.90 Å². The van der Waals surface area contributed by atoms with Gasteiger partial charge in [0.15, 0.2) is 0 Å². The molecule has 49 heavy (non-hydrogen) atoms. The predicted octanol–water partition coefficient (Wildman–Crippen LogP) is 12.6. The molecule has 0 saturated carbocycles. The molecule has 1 aromatic heterocycles. The van der Waals surface area contributed by atoms with E-state index < -0.39 is 0 Å². The van der Waals surface area contributed by atoms with Crippen molar-refractivity contribution < 1.29 is 4.42 Å². The van der Waals surface area contributed by atoms with Gasteiger partial charge in [-0.05, 0) is 104 Å². The van der Waals surface area contributed by atoms with Gasteiger partial charge >= 0.3 is 0 Å². The molecule has 0 bridgehead atoms. The molecular weight excluding hydrogens is 595 g/mol. The molecule has 1 heterocycles. The van der Waals surface area contributed by atoms with Crippen LogP contribution in [0.3, 0.4) is 0 Å². The summed E-state index contributed by atoms with van der Waals surface area (Å²) >= 11 is 0. The first kappa shape index (κ1) is 26.7. The summed E-state index contributed by atoms with van der Waals surface area (Å²) in [5.41, 5.74) is 15.4. The summed E-state index contributed by atoms with van der Waals surface area (Å²) in [6.45, 7) is 0. The zero-order chi connectivity index (χ0) is 32.1. The normalized spacial score (nSPS) is 13.5. The van der Waals surface area contributed by atoms with Crippen LogP contribution in [0.1, 0.15) is 22.3 Å². The molecule has 0 saturated heterocycles. The molecule has 228 valence electrons. The van der Waals surface area contributed by atoms with Crippen molar-refractivity contribution in [1.29, 1.82) is 0 Å². The number of anilines is 3. The Kier molecular flexibility index (Phi) is 5.34. The van der Waals surface area contributed by atoms with Crippen molar-refractivity contribution in [2.24, 2.45) is 0 Å². The van der Waals surface area contributed by atoms with Gasteiger partial charge in [-0.15, -0.1) is 0 Å². The molecular formula is C47H29NO. The van der Waals surface area contributed by atoms with Crippen molar-refractivity contribution in [3.63, 3.8) is 0 Å². The van der Waals surface area contributed by atoms with Gasteiger partial charge in [0.25, 0.3) is 0 Å². The molecule has 0 N–H and O–H groups in total. The summed E-state index contributed by atoms with van der Waals surface area (Å²) in [7, 11) is 0. The summed E-state index contributed by atoms with van der Waals surface area (Å²) in [4.78, 5) is 2.38. The van der Waals surface area contributed by atoms with E-state index in [2.05, 4.69) is 181 Å². The molecule has 0 unspecified atom stereocenters. The first-order valence-electron chi connectivity index (χ1n) is 16.9. The van der Waals surface area contributed by atoms with Crippen LogP contribution in [-0.4, -0.2) is 0 Å². The van der Waals surface area contributed by atoms with E-state index in [4.69, 9.17) is 4.42 Å². The van der Waals surface area contributed by atoms with Crippen molar-refractivity contribution >= 4 is 49.8 Å². The Hall–Kier alpha value is -6.38. The number of hydrogen-bond acceptors (Lipinski definition) is 2. The van der Waals surface area contributed by atoms with Crippen LogP contribution in [0.2, 0.25) is 0 Å². The Labute approximate surface area is 284 Å². The Balaban J connectivity index is 1.17. The third-order valence-electron chi connectivity index (χ3n) is 10.9. The average molecular weight is 624 g/mol. The first-order chi connectivity index (χ1) is 24.3. The average Bonchev–Trinajstić information content (AvgIpc) is 3.79. The summed E-state index contributed by atoms with van der Waals surface area (Å²) < 4.78 is 6.40. The number of hydrogen-bond donors (Lipinski definition) is 0. The van der Waals surface area contributed by atoms with Crippen molar-refractivity contribution in [1.82, 2.24) is 0 Å². The van der Waals surface area contributed by atoms with Crippen molar-refractivity contribution in [2.45, 2.75) is 5.41 Å². The van der Waals surface area contributed by atoms with Gasteiger partial charge in [0, 0.05) is 27.8 Å². The quantitative estimate of drug-likeness (QED) is 0.195. The Morgan fingerprint density at radius 2 is 0.918 bits per heavy atom. The number of fused-ring (bicyclic) bond motifs is 15. The highest BCUT2D eigenvalue weighted by Crippen LogP contribution is 2.63. The summed E-state index contributed by atoms with van der Waals surface area (Å²) in [5, 5.41) is 4.70. The molecule has 2 aliphatic rings. The molecule has 1 spiro atoms. The molecule has 2 aliphatic carbocycles. The van der Waals surface area contributed by atoms with Crippen molar-refractivity contribution in [2.75, 3.05) is 4.90 Å². The predicted molar refractivity (Wildman–Crippen MR) is 202 cm³/mol. The highest BCUT2D eigenvalue weighted by molar-refractivity contribution is 6.19. The van der Waals surface area contributed by atoms with Gasteiger partial charge in [0.05, 0.1) is 5.41 Å². The number of rotatable bonds is 3. The summed E-state index contributed by atoms with van der Waals surface area (Å²) in [5.74, 6) is 0. The van der Waals surface area contributed by atoms with Crippen molar-refractivity contribution in [3.05, 3.63) is 198 Å². The van der Waals surface area contributed by atoms with Crippen molar-refractivity contribution in [3.8, 4) is 22.3 Å². The van der Waals surface area contributed by atoms with E-state index in [1.807, 2.05) is 0 Å². The Morgan fingerprint density at radius 3 is 1.65 bits per heavy atom. The number of nitrogens with zero attached hydrogens (tertiary/aromatic N) is 1. The molecule has 0 radical (unpaired) electrons. The minimum Gasteiger partial charge on any atom is -0.456 e. The summed E-state index contributed by atoms with van der Waals surface area (Å²) in [6, 6.07) is 64.2. The number of furan rings is 1. The standard InChI is InChI=1S/C47H29NO/c1-2-13-31(14-3-1)48(33-24-27-44-39(29-33)46-34-15-5-4-12-30(34)22-26-45(46)49-44)32-23-25-43-38(28-32)37-18-8-11-21-42(37)47(43)40-19-9-6-16-35(40)36-17-7-10-20-41(36)47/h1-29H. The SMILES string of the molecule is c1ccc(N(c2ccc3c(c2)-c2ccccc2C32c3ccccc3-c3ccccc32)c2ccc3oc4ccc5ccccc5c4c3c2)cc1. The highest BCUT2D eigenvalue weighted by atomic mass is 16.3. The number of benzene rings is 8. The van der Waals surface area contributed by atoms with Gasteiger partial charge < -0.3 is 9.32 Å². The maximum Gasteiger partial charge on any atom is 0.136 e. The van der Waals surface area contributed by atoms with Crippen LogP contribution in [0.5, 0.6) is 0 Å². The van der Waals surface area contributed by atoms with Gasteiger partial charge in [-0.1, -0.05) is 127 Å². The smallest absolute Gasteiger partial charge is 0.136 e. The topological polar surface area (TPSA) is 16.4 Å². The lowest BCUT2D eigenvalue weighted by Gasteiger charge is -2.31. The van der Waals surface area contributed by atoms with E-state index in [9.17, 15) is 0 Å². The minimum atomic E-state index is -0.356. The van der Waals surface area contributed by atoms with Crippen LogP contribution in [0, 0.1) is 0 Å². The maximum absolute atomic E-state index is 6.40. The van der Waals surface area contributed by atoms with E-state index in [0.29, 0.717) is 0 Å². The third kappa shape index (κ3) is 3.50. The van der Waals surface area contributed by atoms with Crippen LogP contribution in [0.15, 0.2) is 180 Å². The van der Waals surface area contributed by atoms with E-state index in [0.717, 1.165) is 39.0 Å². The van der Waals surface area contributed by atoms with E-state index >= 15 is 0 Å².